The Balaban J connectivity index is 2.16. The lowest BCUT2D eigenvalue weighted by atomic mass is 9.90. The van der Waals surface area contributed by atoms with Crippen LogP contribution in [-0.4, -0.2) is 26.0 Å². The van der Waals surface area contributed by atoms with E-state index in [4.69, 9.17) is 14.7 Å². The third-order valence-electron chi connectivity index (χ3n) is 4.04. The first-order chi connectivity index (χ1) is 12.8. The standard InChI is InChI=1S/C20H21N3O4/c1-20(2,18(24)22-14-7-5-6-13(10-14)12-21)19(25)23-16-9-8-15(26-3)11-17(16)27-4/h5-11H,1-4H3,(H,22,24)(H,23,25). The number of carbonyl (C=O) groups is 2. The second kappa shape index (κ2) is 8.23. The fraction of sp³-hybridized carbons (Fsp3) is 0.250. The molecule has 0 fully saturated rings. The van der Waals surface area contributed by atoms with E-state index < -0.39 is 17.2 Å². The minimum absolute atomic E-state index is 0.415. The summed E-state index contributed by atoms with van der Waals surface area (Å²) >= 11 is 0. The largest absolute Gasteiger partial charge is 0.497 e. The highest BCUT2D eigenvalue weighted by Gasteiger charge is 2.36. The zero-order valence-electron chi connectivity index (χ0n) is 15.6. The number of anilines is 2. The molecule has 2 aromatic carbocycles. The van der Waals surface area contributed by atoms with Gasteiger partial charge in [0.2, 0.25) is 11.8 Å². The van der Waals surface area contributed by atoms with Gasteiger partial charge < -0.3 is 20.1 Å². The Morgan fingerprint density at radius 2 is 1.70 bits per heavy atom. The van der Waals surface area contributed by atoms with E-state index in [1.165, 1.54) is 28.1 Å². The van der Waals surface area contributed by atoms with Gasteiger partial charge in [0, 0.05) is 11.8 Å². The minimum atomic E-state index is -1.37. The maximum absolute atomic E-state index is 12.7. The Labute approximate surface area is 157 Å². The molecule has 2 aromatic rings. The third kappa shape index (κ3) is 4.55. The number of amides is 2. The van der Waals surface area contributed by atoms with Crippen LogP contribution < -0.4 is 20.1 Å². The molecule has 0 aliphatic heterocycles. The Hall–Kier alpha value is -3.53. The summed E-state index contributed by atoms with van der Waals surface area (Å²) in [6.07, 6.45) is 0. The zero-order valence-corrected chi connectivity index (χ0v) is 15.6. The number of hydrogen-bond donors (Lipinski definition) is 2. The van der Waals surface area contributed by atoms with Crippen LogP contribution in [-0.2, 0) is 9.59 Å². The molecule has 7 nitrogen and oxygen atoms in total. The van der Waals surface area contributed by atoms with Crippen molar-refractivity contribution in [3.63, 3.8) is 0 Å². The SMILES string of the molecule is COc1ccc(NC(=O)C(C)(C)C(=O)Nc2cccc(C#N)c2)c(OC)c1. The summed E-state index contributed by atoms with van der Waals surface area (Å²) in [6, 6.07) is 13.4. The molecule has 0 aliphatic carbocycles. The van der Waals surface area contributed by atoms with Gasteiger partial charge >= 0.3 is 0 Å². The average molecular weight is 367 g/mol. The molecular weight excluding hydrogens is 346 g/mol. The molecule has 0 heterocycles. The molecular formula is C20H21N3O4. The van der Waals surface area contributed by atoms with E-state index in [9.17, 15) is 9.59 Å². The molecule has 2 amide bonds. The van der Waals surface area contributed by atoms with E-state index in [-0.39, 0.29) is 0 Å². The number of methoxy groups -OCH3 is 2. The summed E-state index contributed by atoms with van der Waals surface area (Å²) in [4.78, 5) is 25.3. The first kappa shape index (κ1) is 19.8. The summed E-state index contributed by atoms with van der Waals surface area (Å²) in [5, 5.41) is 14.3. The maximum atomic E-state index is 12.7. The number of nitriles is 1. The molecule has 7 heteroatoms. The van der Waals surface area contributed by atoms with Crippen LogP contribution in [0, 0.1) is 16.7 Å². The molecule has 0 bridgehead atoms. The van der Waals surface area contributed by atoms with Gasteiger partial charge in [0.15, 0.2) is 0 Å². The van der Waals surface area contributed by atoms with E-state index >= 15 is 0 Å². The van der Waals surface area contributed by atoms with Gasteiger partial charge in [-0.25, -0.2) is 0 Å². The van der Waals surface area contributed by atoms with E-state index in [2.05, 4.69) is 10.6 Å². The van der Waals surface area contributed by atoms with Crippen LogP contribution in [0.4, 0.5) is 11.4 Å². The topological polar surface area (TPSA) is 100 Å². The third-order valence-corrected chi connectivity index (χ3v) is 4.04. The van der Waals surface area contributed by atoms with Crippen LogP contribution in [0.15, 0.2) is 42.5 Å². The van der Waals surface area contributed by atoms with Gasteiger partial charge in [-0.05, 0) is 44.2 Å². The first-order valence-corrected chi connectivity index (χ1v) is 8.17. The van der Waals surface area contributed by atoms with Crippen LogP contribution in [0.25, 0.3) is 0 Å². The lowest BCUT2D eigenvalue weighted by Crippen LogP contribution is -2.41. The molecule has 2 N–H and O–H groups in total. The molecule has 140 valence electrons. The van der Waals surface area contributed by atoms with Crippen molar-refractivity contribution in [2.45, 2.75) is 13.8 Å². The highest BCUT2D eigenvalue weighted by atomic mass is 16.5. The van der Waals surface area contributed by atoms with Crippen molar-refractivity contribution in [1.29, 1.82) is 5.26 Å². The summed E-state index contributed by atoms with van der Waals surface area (Å²) in [5.41, 5.74) is -0.0799. The van der Waals surface area contributed by atoms with E-state index in [0.717, 1.165) is 0 Å². The van der Waals surface area contributed by atoms with Crippen molar-refractivity contribution < 1.29 is 19.1 Å². The Morgan fingerprint density at radius 1 is 1.00 bits per heavy atom. The summed E-state index contributed by atoms with van der Waals surface area (Å²) in [5.74, 6) is 0.00216. The van der Waals surface area contributed by atoms with E-state index in [0.29, 0.717) is 28.4 Å². The van der Waals surface area contributed by atoms with Gasteiger partial charge in [-0.3, -0.25) is 9.59 Å². The van der Waals surface area contributed by atoms with Crippen LogP contribution in [0.2, 0.25) is 0 Å². The molecule has 0 spiro atoms. The monoisotopic (exact) mass is 367 g/mol. The number of rotatable bonds is 6. The molecule has 2 rings (SSSR count). The smallest absolute Gasteiger partial charge is 0.239 e. The van der Waals surface area contributed by atoms with Gasteiger partial charge in [0.25, 0.3) is 0 Å². The quantitative estimate of drug-likeness (QED) is 0.764. The maximum Gasteiger partial charge on any atom is 0.239 e. The summed E-state index contributed by atoms with van der Waals surface area (Å²) < 4.78 is 10.4. The number of nitrogens with one attached hydrogen (secondary N) is 2. The molecule has 27 heavy (non-hydrogen) atoms. The van der Waals surface area contributed by atoms with Gasteiger partial charge in [0.1, 0.15) is 16.9 Å². The molecule has 0 atom stereocenters. The average Bonchev–Trinajstić information content (AvgIpc) is 2.68. The Bertz CT molecular complexity index is 900. The molecule has 0 radical (unpaired) electrons. The number of hydrogen-bond acceptors (Lipinski definition) is 5. The summed E-state index contributed by atoms with van der Waals surface area (Å²) in [6.45, 7) is 3.03. The highest BCUT2D eigenvalue weighted by molar-refractivity contribution is 6.14. The Morgan fingerprint density at radius 3 is 2.33 bits per heavy atom. The number of ether oxygens (including phenoxy) is 2. The van der Waals surface area contributed by atoms with Crippen LogP contribution >= 0.6 is 0 Å². The van der Waals surface area contributed by atoms with Crippen molar-refractivity contribution in [1.82, 2.24) is 0 Å². The zero-order chi connectivity index (χ0) is 20.0. The lowest BCUT2D eigenvalue weighted by molar-refractivity contribution is -0.135. The van der Waals surface area contributed by atoms with Gasteiger partial charge in [-0.1, -0.05) is 6.07 Å². The number of carbonyl (C=O) groups excluding carboxylic acids is 2. The van der Waals surface area contributed by atoms with E-state index in [1.54, 1.807) is 42.5 Å². The molecule has 0 saturated heterocycles. The minimum Gasteiger partial charge on any atom is -0.497 e. The summed E-state index contributed by atoms with van der Waals surface area (Å²) in [7, 11) is 3.01. The van der Waals surface area contributed by atoms with Crippen LogP contribution in [0.1, 0.15) is 19.4 Å². The fourth-order valence-corrected chi connectivity index (χ4v) is 2.24. The van der Waals surface area contributed by atoms with Crippen molar-refractivity contribution in [2.75, 3.05) is 24.9 Å². The van der Waals surface area contributed by atoms with Gasteiger partial charge in [0.05, 0.1) is 31.5 Å². The van der Waals surface area contributed by atoms with Gasteiger partial charge in [-0.15, -0.1) is 0 Å². The molecule has 0 aromatic heterocycles. The van der Waals surface area contributed by atoms with Gasteiger partial charge in [-0.2, -0.15) is 5.26 Å². The van der Waals surface area contributed by atoms with Crippen LogP contribution in [0.5, 0.6) is 11.5 Å². The lowest BCUT2D eigenvalue weighted by Gasteiger charge is -2.23. The van der Waals surface area contributed by atoms with Crippen molar-refractivity contribution in [3.8, 4) is 17.6 Å². The number of nitrogens with zero attached hydrogens (tertiary/aromatic N) is 1. The van der Waals surface area contributed by atoms with Crippen molar-refractivity contribution in [2.24, 2.45) is 5.41 Å². The normalized spacial score (nSPS) is 10.5. The molecule has 0 aliphatic rings. The van der Waals surface area contributed by atoms with Crippen molar-refractivity contribution >= 4 is 23.2 Å². The predicted molar refractivity (Wildman–Crippen MR) is 102 cm³/mol. The second-order valence-electron chi connectivity index (χ2n) is 6.29. The first-order valence-electron chi connectivity index (χ1n) is 8.17. The highest BCUT2D eigenvalue weighted by Crippen LogP contribution is 2.31. The second-order valence-corrected chi connectivity index (χ2v) is 6.29. The molecule has 0 saturated carbocycles. The number of benzene rings is 2. The van der Waals surface area contributed by atoms with Crippen LogP contribution in [0.3, 0.4) is 0 Å². The van der Waals surface area contributed by atoms with Crippen molar-refractivity contribution in [3.05, 3.63) is 48.0 Å². The Kier molecular flexibility index (Phi) is 6.03. The van der Waals surface area contributed by atoms with E-state index in [1.807, 2.05) is 6.07 Å². The predicted octanol–water partition coefficient (Wildman–Crippen LogP) is 3.18. The molecule has 0 unspecified atom stereocenters. The fourth-order valence-electron chi connectivity index (χ4n) is 2.24.